The molecule has 1 aromatic carbocycles. The Morgan fingerprint density at radius 2 is 1.83 bits per heavy atom. The van der Waals surface area contributed by atoms with E-state index < -0.39 is 17.6 Å². The van der Waals surface area contributed by atoms with E-state index in [1.807, 2.05) is 25.7 Å². The van der Waals surface area contributed by atoms with Gasteiger partial charge in [0.05, 0.1) is 17.8 Å². The molecule has 7 heteroatoms. The third-order valence-corrected chi connectivity index (χ3v) is 3.20. The number of rotatable bonds is 7. The van der Waals surface area contributed by atoms with E-state index in [-0.39, 0.29) is 24.3 Å². The van der Waals surface area contributed by atoms with Crippen LogP contribution in [0.4, 0.5) is 18.9 Å². The Morgan fingerprint density at radius 3 is 2.38 bits per heavy atom. The van der Waals surface area contributed by atoms with Gasteiger partial charge in [0.2, 0.25) is 5.91 Å². The van der Waals surface area contributed by atoms with Gasteiger partial charge in [-0.3, -0.25) is 9.69 Å². The molecule has 4 nitrogen and oxygen atoms in total. The number of carbonyl (C=O) groups excluding carboxylic acids is 1. The van der Waals surface area contributed by atoms with Crippen LogP contribution in [-0.2, 0) is 11.0 Å². The highest BCUT2D eigenvalue weighted by atomic mass is 19.4. The summed E-state index contributed by atoms with van der Waals surface area (Å²) in [5.74, 6) is -0.506. The van der Waals surface area contributed by atoms with Crippen molar-refractivity contribution in [2.75, 3.05) is 31.6 Å². The number of hydrogen-bond donors (Lipinski definition) is 2. The van der Waals surface area contributed by atoms with Crippen LogP contribution in [0.5, 0.6) is 0 Å². The number of aliphatic hydroxyl groups excluding tert-OH is 1. The molecule has 0 atom stereocenters. The molecule has 0 aliphatic rings. The monoisotopic (exact) mass is 346 g/mol. The Hall–Kier alpha value is -1.60. The molecule has 0 radical (unpaired) electrons. The fourth-order valence-corrected chi connectivity index (χ4v) is 2.41. The second kappa shape index (κ2) is 8.48. The maximum atomic E-state index is 13.0. The molecule has 0 fully saturated rings. The fourth-order valence-electron chi connectivity index (χ4n) is 2.41. The van der Waals surface area contributed by atoms with Crippen LogP contribution in [-0.4, -0.2) is 42.2 Å². The zero-order chi connectivity index (χ0) is 18.4. The summed E-state index contributed by atoms with van der Waals surface area (Å²) in [7, 11) is 0. The summed E-state index contributed by atoms with van der Waals surface area (Å²) in [5.41, 5.74) is -1.18. The molecular weight excluding hydrogens is 321 g/mol. The highest BCUT2D eigenvalue weighted by molar-refractivity contribution is 5.93. The van der Waals surface area contributed by atoms with Crippen molar-refractivity contribution in [3.05, 3.63) is 29.8 Å². The normalized spacial score (nSPS) is 12.5. The van der Waals surface area contributed by atoms with Crippen molar-refractivity contribution in [2.24, 2.45) is 5.41 Å². The first kappa shape index (κ1) is 20.4. The van der Waals surface area contributed by atoms with Gasteiger partial charge in [-0.25, -0.2) is 0 Å². The number of carbonyl (C=O) groups is 1. The minimum atomic E-state index is -4.52. The van der Waals surface area contributed by atoms with Crippen LogP contribution in [0, 0.1) is 5.41 Å². The molecule has 0 aliphatic heterocycles. The Bertz CT molecular complexity index is 539. The maximum absolute atomic E-state index is 13.0. The summed E-state index contributed by atoms with van der Waals surface area (Å²) < 4.78 is 38.9. The first-order valence-electron chi connectivity index (χ1n) is 7.82. The molecule has 136 valence electrons. The first-order chi connectivity index (χ1) is 11.0. The van der Waals surface area contributed by atoms with Crippen molar-refractivity contribution in [1.29, 1.82) is 0 Å². The molecule has 1 rings (SSSR count). The number of nitrogens with one attached hydrogen (secondary N) is 1. The molecule has 24 heavy (non-hydrogen) atoms. The third kappa shape index (κ3) is 7.31. The predicted octanol–water partition coefficient (Wildman–Crippen LogP) is 3.37. The largest absolute Gasteiger partial charge is 0.418 e. The van der Waals surface area contributed by atoms with Crippen molar-refractivity contribution in [3.63, 3.8) is 0 Å². The Balaban J connectivity index is 2.79. The zero-order valence-electron chi connectivity index (χ0n) is 14.3. The molecule has 2 N–H and O–H groups in total. The van der Waals surface area contributed by atoms with Gasteiger partial charge in [0.15, 0.2) is 0 Å². The van der Waals surface area contributed by atoms with Crippen LogP contribution in [0.1, 0.15) is 32.8 Å². The van der Waals surface area contributed by atoms with Crippen LogP contribution in [0.15, 0.2) is 24.3 Å². The van der Waals surface area contributed by atoms with Crippen LogP contribution in [0.3, 0.4) is 0 Å². The Kier molecular flexibility index (Phi) is 7.23. The molecule has 0 aromatic heterocycles. The van der Waals surface area contributed by atoms with Gasteiger partial charge in [0.25, 0.3) is 0 Å². The summed E-state index contributed by atoms with van der Waals surface area (Å²) in [4.78, 5) is 14.0. The van der Waals surface area contributed by atoms with E-state index in [2.05, 4.69) is 5.32 Å². The Labute approximate surface area is 140 Å². The second-order valence-electron chi connectivity index (χ2n) is 6.94. The van der Waals surface area contributed by atoms with E-state index in [4.69, 9.17) is 5.11 Å². The third-order valence-electron chi connectivity index (χ3n) is 3.20. The lowest BCUT2D eigenvalue weighted by molar-refractivity contribution is -0.137. The molecule has 0 aliphatic carbocycles. The molecule has 1 aromatic rings. The number of hydrogen-bond acceptors (Lipinski definition) is 3. The van der Waals surface area contributed by atoms with Crippen molar-refractivity contribution in [3.8, 4) is 0 Å². The van der Waals surface area contributed by atoms with Gasteiger partial charge in [-0.1, -0.05) is 32.9 Å². The van der Waals surface area contributed by atoms with E-state index in [0.29, 0.717) is 19.5 Å². The highest BCUT2D eigenvalue weighted by Crippen LogP contribution is 2.34. The van der Waals surface area contributed by atoms with Gasteiger partial charge in [0, 0.05) is 19.7 Å². The number of halogens is 3. The van der Waals surface area contributed by atoms with E-state index in [1.54, 1.807) is 0 Å². The molecule has 0 saturated heterocycles. The van der Waals surface area contributed by atoms with Crippen LogP contribution in [0.25, 0.3) is 0 Å². The van der Waals surface area contributed by atoms with Gasteiger partial charge >= 0.3 is 6.18 Å². The number of benzene rings is 1. The maximum Gasteiger partial charge on any atom is 0.418 e. The molecular formula is C17H25F3N2O2. The summed E-state index contributed by atoms with van der Waals surface area (Å²) in [6, 6.07) is 4.91. The van der Waals surface area contributed by atoms with Gasteiger partial charge in [0.1, 0.15) is 0 Å². The van der Waals surface area contributed by atoms with Gasteiger partial charge < -0.3 is 10.4 Å². The molecule has 0 bridgehead atoms. The number of alkyl halides is 3. The van der Waals surface area contributed by atoms with Crippen molar-refractivity contribution >= 4 is 11.6 Å². The smallest absolute Gasteiger partial charge is 0.396 e. The molecule has 0 heterocycles. The highest BCUT2D eigenvalue weighted by Gasteiger charge is 2.33. The topological polar surface area (TPSA) is 52.6 Å². The minimum absolute atomic E-state index is 0.000824. The summed E-state index contributed by atoms with van der Waals surface area (Å²) >= 11 is 0. The quantitative estimate of drug-likeness (QED) is 0.796. The van der Waals surface area contributed by atoms with Crippen molar-refractivity contribution in [2.45, 2.75) is 33.4 Å². The minimum Gasteiger partial charge on any atom is -0.396 e. The summed E-state index contributed by atoms with van der Waals surface area (Å²) in [5, 5.41) is 11.3. The average Bonchev–Trinajstić information content (AvgIpc) is 2.42. The van der Waals surface area contributed by atoms with Gasteiger partial charge in [-0.15, -0.1) is 0 Å². The van der Waals surface area contributed by atoms with Crippen LogP contribution < -0.4 is 5.32 Å². The van der Waals surface area contributed by atoms with Crippen molar-refractivity contribution < 1.29 is 23.1 Å². The lowest BCUT2D eigenvalue weighted by atomic mass is 9.96. The van der Waals surface area contributed by atoms with Gasteiger partial charge in [-0.2, -0.15) is 13.2 Å². The number of anilines is 1. The van der Waals surface area contributed by atoms with Crippen molar-refractivity contribution in [1.82, 2.24) is 4.90 Å². The molecule has 1 amide bonds. The number of para-hydroxylation sites is 1. The molecule has 0 saturated carbocycles. The number of nitrogens with zero attached hydrogens (tertiary/aromatic N) is 1. The first-order valence-corrected chi connectivity index (χ1v) is 7.82. The van der Waals surface area contributed by atoms with E-state index in [0.717, 1.165) is 6.07 Å². The molecule has 0 unspecified atom stereocenters. The SMILES string of the molecule is CC(C)(C)CN(CCCO)CC(=O)Nc1ccccc1C(F)(F)F. The zero-order valence-corrected chi connectivity index (χ0v) is 14.3. The predicted molar refractivity (Wildman–Crippen MR) is 87.7 cm³/mol. The second-order valence-corrected chi connectivity index (χ2v) is 6.94. The number of aliphatic hydroxyl groups is 1. The van der Waals surface area contributed by atoms with Gasteiger partial charge in [-0.05, 0) is 24.0 Å². The van der Waals surface area contributed by atoms with Crippen LogP contribution >= 0.6 is 0 Å². The van der Waals surface area contributed by atoms with E-state index in [9.17, 15) is 18.0 Å². The fraction of sp³-hybridized carbons (Fsp3) is 0.588. The Morgan fingerprint density at radius 1 is 1.21 bits per heavy atom. The summed E-state index contributed by atoms with van der Waals surface area (Å²) in [6.07, 6.45) is -4.02. The van der Waals surface area contributed by atoms with E-state index in [1.165, 1.54) is 18.2 Å². The number of amides is 1. The van der Waals surface area contributed by atoms with E-state index >= 15 is 0 Å². The average molecular weight is 346 g/mol. The molecule has 0 spiro atoms. The van der Waals surface area contributed by atoms with Crippen LogP contribution in [0.2, 0.25) is 0 Å². The lowest BCUT2D eigenvalue weighted by Crippen LogP contribution is -2.39. The lowest BCUT2D eigenvalue weighted by Gasteiger charge is -2.29. The summed E-state index contributed by atoms with van der Waals surface area (Å²) in [6.45, 7) is 7.10. The standard InChI is InChI=1S/C17H25F3N2O2/c1-16(2,3)12-22(9-6-10-23)11-15(24)21-14-8-5-4-7-13(14)17(18,19)20/h4-5,7-8,23H,6,9-12H2,1-3H3,(H,21,24).